The number of hydrogen-bond donors (Lipinski definition) is 2. The third kappa shape index (κ3) is 4.85. The molecule has 0 radical (unpaired) electrons. The predicted molar refractivity (Wildman–Crippen MR) is 106 cm³/mol. The Kier molecular flexibility index (Phi) is 5.56. The van der Waals surface area contributed by atoms with Gasteiger partial charge in [-0.15, -0.1) is 0 Å². The number of benzene rings is 2. The Hall–Kier alpha value is -2.82. The molecular formula is C21H26N4O. The van der Waals surface area contributed by atoms with Gasteiger partial charge in [0, 0.05) is 25.2 Å². The zero-order chi connectivity index (χ0) is 18.5. The highest BCUT2D eigenvalue weighted by molar-refractivity contribution is 5.92. The molecule has 1 fully saturated rings. The van der Waals surface area contributed by atoms with Crippen molar-refractivity contribution in [2.24, 2.45) is 10.7 Å². The van der Waals surface area contributed by atoms with Crippen LogP contribution >= 0.6 is 0 Å². The number of nitrogens with two attached hydrogens (primary N) is 1. The summed E-state index contributed by atoms with van der Waals surface area (Å²) in [6.45, 7) is 6.15. The highest BCUT2D eigenvalue weighted by Gasteiger charge is 2.19. The molecule has 1 amide bonds. The van der Waals surface area contributed by atoms with E-state index in [1.807, 2.05) is 29.2 Å². The second kappa shape index (κ2) is 8.04. The van der Waals surface area contributed by atoms with Crippen LogP contribution in [0.5, 0.6) is 0 Å². The summed E-state index contributed by atoms with van der Waals surface area (Å²) in [6.07, 6.45) is 1.63. The summed E-state index contributed by atoms with van der Waals surface area (Å²) in [7, 11) is 0. The van der Waals surface area contributed by atoms with Gasteiger partial charge in [0.2, 0.25) is 5.91 Å². The number of guanidine groups is 1. The van der Waals surface area contributed by atoms with Gasteiger partial charge >= 0.3 is 0 Å². The first-order chi connectivity index (χ1) is 12.5. The topological polar surface area (TPSA) is 70.7 Å². The molecule has 1 aliphatic heterocycles. The molecule has 0 unspecified atom stereocenters. The zero-order valence-electron chi connectivity index (χ0n) is 15.5. The van der Waals surface area contributed by atoms with Crippen LogP contribution in [0.15, 0.2) is 47.5 Å². The van der Waals surface area contributed by atoms with E-state index in [0.29, 0.717) is 25.5 Å². The van der Waals surface area contributed by atoms with E-state index in [1.54, 1.807) is 0 Å². The highest BCUT2D eigenvalue weighted by Crippen LogP contribution is 2.16. The Balaban J connectivity index is 1.62. The second-order valence-electron chi connectivity index (χ2n) is 6.94. The van der Waals surface area contributed by atoms with Crippen molar-refractivity contribution in [3.05, 3.63) is 64.7 Å². The Bertz CT molecular complexity index is 808. The Morgan fingerprint density at radius 2 is 1.88 bits per heavy atom. The van der Waals surface area contributed by atoms with Gasteiger partial charge in [0.1, 0.15) is 0 Å². The molecule has 0 spiro atoms. The summed E-state index contributed by atoms with van der Waals surface area (Å²) in [5.74, 6) is 0.644. The van der Waals surface area contributed by atoms with E-state index in [2.05, 4.69) is 42.4 Å². The van der Waals surface area contributed by atoms with Crippen molar-refractivity contribution in [2.45, 2.75) is 39.8 Å². The third-order valence-electron chi connectivity index (χ3n) is 4.46. The lowest BCUT2D eigenvalue weighted by molar-refractivity contribution is -0.128. The van der Waals surface area contributed by atoms with Gasteiger partial charge in [-0.05, 0) is 54.7 Å². The van der Waals surface area contributed by atoms with Crippen LogP contribution in [0.4, 0.5) is 5.69 Å². The van der Waals surface area contributed by atoms with Gasteiger partial charge in [0.05, 0.1) is 6.54 Å². The highest BCUT2D eigenvalue weighted by atomic mass is 16.2. The lowest BCUT2D eigenvalue weighted by atomic mass is 10.1. The number of aryl methyl sites for hydroxylation is 2. The molecule has 0 atom stereocenters. The number of hydrogen-bond acceptors (Lipinski definition) is 2. The normalized spacial score (nSPS) is 14.8. The van der Waals surface area contributed by atoms with Gasteiger partial charge in [-0.1, -0.05) is 30.3 Å². The van der Waals surface area contributed by atoms with Crippen LogP contribution < -0.4 is 11.1 Å². The number of nitrogens with zero attached hydrogens (tertiary/aromatic N) is 2. The fraction of sp³-hybridized carbons (Fsp3) is 0.333. The van der Waals surface area contributed by atoms with Crippen molar-refractivity contribution in [3.63, 3.8) is 0 Å². The standard InChI is InChI=1S/C21H26N4O/c1-15-9-16(2)11-19(10-15)24-21(22)23-13-17-5-3-6-18(12-17)14-25-8-4-7-20(25)26/h3,5-6,9-12H,4,7-8,13-14H2,1-2H3,(H3,22,23,24). The molecule has 5 heteroatoms. The molecule has 1 saturated heterocycles. The van der Waals surface area contributed by atoms with E-state index in [9.17, 15) is 4.79 Å². The molecule has 3 N–H and O–H groups in total. The maximum Gasteiger partial charge on any atom is 0.222 e. The van der Waals surface area contributed by atoms with E-state index >= 15 is 0 Å². The van der Waals surface area contributed by atoms with Crippen LogP contribution in [0, 0.1) is 13.8 Å². The molecule has 3 rings (SSSR count). The number of likely N-dealkylation sites (tertiary alicyclic amines) is 1. The summed E-state index contributed by atoms with van der Waals surface area (Å²) >= 11 is 0. The quantitative estimate of drug-likeness (QED) is 0.642. The first-order valence-corrected chi connectivity index (χ1v) is 9.00. The Labute approximate surface area is 154 Å². The van der Waals surface area contributed by atoms with Crippen LogP contribution in [-0.4, -0.2) is 23.3 Å². The smallest absolute Gasteiger partial charge is 0.222 e. The maximum absolute atomic E-state index is 11.8. The lowest BCUT2D eigenvalue weighted by Gasteiger charge is -2.15. The van der Waals surface area contributed by atoms with E-state index in [0.717, 1.165) is 29.8 Å². The van der Waals surface area contributed by atoms with Gasteiger partial charge in [-0.25, -0.2) is 4.99 Å². The molecule has 136 valence electrons. The first-order valence-electron chi connectivity index (χ1n) is 9.00. The van der Waals surface area contributed by atoms with Crippen LogP contribution in [0.25, 0.3) is 0 Å². The average Bonchev–Trinajstić information content (AvgIpc) is 2.97. The van der Waals surface area contributed by atoms with E-state index < -0.39 is 0 Å². The van der Waals surface area contributed by atoms with Crippen molar-refractivity contribution in [1.82, 2.24) is 4.90 Å². The summed E-state index contributed by atoms with van der Waals surface area (Å²) in [4.78, 5) is 18.1. The van der Waals surface area contributed by atoms with Crippen molar-refractivity contribution in [1.29, 1.82) is 0 Å². The zero-order valence-corrected chi connectivity index (χ0v) is 15.5. The molecule has 26 heavy (non-hydrogen) atoms. The van der Waals surface area contributed by atoms with Crippen LogP contribution in [0.3, 0.4) is 0 Å². The maximum atomic E-state index is 11.8. The van der Waals surface area contributed by atoms with Crippen molar-refractivity contribution in [2.75, 3.05) is 11.9 Å². The Morgan fingerprint density at radius 3 is 2.58 bits per heavy atom. The molecule has 0 saturated carbocycles. The average molecular weight is 350 g/mol. The van der Waals surface area contributed by atoms with Crippen LogP contribution in [0.1, 0.15) is 35.1 Å². The first kappa shape index (κ1) is 18.0. The van der Waals surface area contributed by atoms with E-state index in [4.69, 9.17) is 5.73 Å². The summed E-state index contributed by atoms with van der Waals surface area (Å²) in [5.41, 5.74) is 11.6. The van der Waals surface area contributed by atoms with Gasteiger partial charge in [-0.3, -0.25) is 4.79 Å². The van der Waals surface area contributed by atoms with Crippen LogP contribution in [0.2, 0.25) is 0 Å². The van der Waals surface area contributed by atoms with Crippen molar-refractivity contribution in [3.8, 4) is 0 Å². The molecule has 2 aromatic carbocycles. The predicted octanol–water partition coefficient (Wildman–Crippen LogP) is 3.35. The molecular weight excluding hydrogens is 324 g/mol. The number of carbonyl (C=O) groups excluding carboxylic acids is 1. The van der Waals surface area contributed by atoms with Crippen molar-refractivity contribution >= 4 is 17.6 Å². The molecule has 1 aliphatic rings. The second-order valence-corrected chi connectivity index (χ2v) is 6.94. The summed E-state index contributed by atoms with van der Waals surface area (Å²) in [6, 6.07) is 14.4. The van der Waals surface area contributed by atoms with E-state index in [1.165, 1.54) is 11.1 Å². The molecule has 0 bridgehead atoms. The monoisotopic (exact) mass is 350 g/mol. The van der Waals surface area contributed by atoms with Gasteiger partial charge < -0.3 is 16.0 Å². The lowest BCUT2D eigenvalue weighted by Crippen LogP contribution is -2.24. The minimum atomic E-state index is 0.246. The summed E-state index contributed by atoms with van der Waals surface area (Å²) in [5, 5.41) is 3.15. The number of anilines is 1. The Morgan fingerprint density at radius 1 is 1.15 bits per heavy atom. The SMILES string of the molecule is Cc1cc(C)cc(NC(N)=NCc2cccc(CN3CCCC3=O)c2)c1. The minimum Gasteiger partial charge on any atom is -0.370 e. The number of aliphatic imine (C=N–C) groups is 1. The van der Waals surface area contributed by atoms with Crippen LogP contribution in [-0.2, 0) is 17.9 Å². The molecule has 0 aliphatic carbocycles. The van der Waals surface area contributed by atoms with Gasteiger partial charge in [-0.2, -0.15) is 0 Å². The number of rotatable bonds is 5. The summed E-state index contributed by atoms with van der Waals surface area (Å²) < 4.78 is 0. The van der Waals surface area contributed by atoms with Gasteiger partial charge in [0.15, 0.2) is 5.96 Å². The molecule has 5 nitrogen and oxygen atoms in total. The fourth-order valence-electron chi connectivity index (χ4n) is 3.33. The number of nitrogens with one attached hydrogen (secondary N) is 1. The number of amides is 1. The van der Waals surface area contributed by atoms with Crippen molar-refractivity contribution < 1.29 is 4.79 Å². The molecule has 2 aromatic rings. The molecule has 1 heterocycles. The van der Waals surface area contributed by atoms with Gasteiger partial charge in [0.25, 0.3) is 0 Å². The number of carbonyl (C=O) groups is 1. The third-order valence-corrected chi connectivity index (χ3v) is 4.46. The van der Waals surface area contributed by atoms with E-state index in [-0.39, 0.29) is 5.91 Å². The largest absolute Gasteiger partial charge is 0.370 e. The fourth-order valence-corrected chi connectivity index (χ4v) is 3.33. The minimum absolute atomic E-state index is 0.246. The molecule has 0 aromatic heterocycles.